The van der Waals surface area contributed by atoms with E-state index in [1.165, 1.54) is 5.56 Å². The molecule has 1 atom stereocenters. The number of amides is 3. The Morgan fingerprint density at radius 2 is 1.80 bits per heavy atom. The molecule has 0 radical (unpaired) electrons. The zero-order valence-electron chi connectivity index (χ0n) is 14.0. The van der Waals surface area contributed by atoms with Crippen LogP contribution in [0.5, 0.6) is 0 Å². The van der Waals surface area contributed by atoms with E-state index in [1.807, 2.05) is 48.5 Å². The Morgan fingerprint density at radius 1 is 1.04 bits per heavy atom. The molecule has 0 bridgehead atoms. The van der Waals surface area contributed by atoms with E-state index >= 15 is 0 Å². The van der Waals surface area contributed by atoms with E-state index in [4.69, 9.17) is 0 Å². The summed E-state index contributed by atoms with van der Waals surface area (Å²) in [5.41, 5.74) is 3.07. The molecule has 1 unspecified atom stereocenters. The average Bonchev–Trinajstić information content (AvgIpc) is 3.02. The highest BCUT2D eigenvalue weighted by Crippen LogP contribution is 2.27. The molecule has 5 heteroatoms. The third-order valence-electron chi connectivity index (χ3n) is 4.88. The molecule has 1 N–H and O–H groups in total. The molecule has 4 rings (SSSR count). The summed E-state index contributed by atoms with van der Waals surface area (Å²) in [7, 11) is 0. The number of benzene rings is 2. The Morgan fingerprint density at radius 3 is 2.64 bits per heavy atom. The van der Waals surface area contributed by atoms with E-state index in [1.54, 1.807) is 9.80 Å². The van der Waals surface area contributed by atoms with Gasteiger partial charge in [0.05, 0.1) is 6.04 Å². The smallest absolute Gasteiger partial charge is 0.322 e. The molecule has 0 saturated carbocycles. The summed E-state index contributed by atoms with van der Waals surface area (Å²) in [5.74, 6) is 0.0514. The van der Waals surface area contributed by atoms with Crippen LogP contribution in [0.25, 0.3) is 0 Å². The molecule has 2 aromatic carbocycles. The monoisotopic (exact) mass is 335 g/mol. The number of nitrogens with one attached hydrogen (secondary N) is 1. The Bertz CT molecular complexity index is 791. The van der Waals surface area contributed by atoms with Gasteiger partial charge in [-0.3, -0.25) is 9.69 Å². The molecule has 1 fully saturated rings. The Kier molecular flexibility index (Phi) is 4.14. The van der Waals surface area contributed by atoms with Gasteiger partial charge in [-0.25, -0.2) is 4.79 Å². The van der Waals surface area contributed by atoms with Crippen LogP contribution in [0.3, 0.4) is 0 Å². The second-order valence-electron chi connectivity index (χ2n) is 6.57. The lowest BCUT2D eigenvalue weighted by Gasteiger charge is -2.30. The van der Waals surface area contributed by atoms with Gasteiger partial charge in [0, 0.05) is 30.9 Å². The molecule has 25 heavy (non-hydrogen) atoms. The standard InChI is InChI=1S/C20H21N3O2/c24-19-13-16(14-23(19)17-9-2-1-3-10-17)21-20(25)22-12-6-8-15-7-4-5-11-18(15)22/h1-5,7,9-11,16H,6,8,12-14H2,(H,21,25). The van der Waals surface area contributed by atoms with Crippen LogP contribution >= 0.6 is 0 Å². The number of carbonyl (C=O) groups excluding carboxylic acids is 2. The number of hydrogen-bond donors (Lipinski definition) is 1. The maximum absolute atomic E-state index is 12.8. The summed E-state index contributed by atoms with van der Waals surface area (Å²) < 4.78 is 0. The van der Waals surface area contributed by atoms with Crippen LogP contribution in [0, 0.1) is 0 Å². The Labute approximate surface area is 147 Å². The quantitative estimate of drug-likeness (QED) is 0.917. The van der Waals surface area contributed by atoms with Gasteiger partial charge < -0.3 is 10.2 Å². The molecule has 0 spiro atoms. The average molecular weight is 335 g/mol. The fraction of sp³-hybridized carbons (Fsp3) is 0.300. The van der Waals surface area contributed by atoms with Crippen LogP contribution in [0.1, 0.15) is 18.4 Å². The largest absolute Gasteiger partial charge is 0.333 e. The number of rotatable bonds is 2. The predicted octanol–water partition coefficient (Wildman–Crippen LogP) is 2.95. The predicted molar refractivity (Wildman–Crippen MR) is 97.8 cm³/mol. The molecule has 3 amide bonds. The molecular formula is C20H21N3O2. The van der Waals surface area contributed by atoms with Gasteiger partial charge in [-0.15, -0.1) is 0 Å². The molecule has 128 valence electrons. The SMILES string of the molecule is O=C1CC(NC(=O)N2CCCc3ccccc32)CN1c1ccccc1. The summed E-state index contributed by atoms with van der Waals surface area (Å²) in [5, 5.41) is 3.04. The minimum atomic E-state index is -0.158. The van der Waals surface area contributed by atoms with Crippen LogP contribution in [0.2, 0.25) is 0 Å². The number of carbonyl (C=O) groups is 2. The van der Waals surface area contributed by atoms with Gasteiger partial charge in [-0.2, -0.15) is 0 Å². The van der Waals surface area contributed by atoms with Gasteiger partial charge in [0.25, 0.3) is 0 Å². The van der Waals surface area contributed by atoms with Crippen molar-refractivity contribution >= 4 is 23.3 Å². The first-order valence-electron chi connectivity index (χ1n) is 8.74. The maximum atomic E-state index is 12.8. The molecule has 2 aliphatic heterocycles. The van der Waals surface area contributed by atoms with Gasteiger partial charge in [-0.1, -0.05) is 36.4 Å². The third kappa shape index (κ3) is 3.09. The number of hydrogen-bond acceptors (Lipinski definition) is 2. The van der Waals surface area contributed by atoms with Gasteiger partial charge in [-0.05, 0) is 36.6 Å². The number of aryl methyl sites for hydroxylation is 1. The lowest BCUT2D eigenvalue weighted by Crippen LogP contribution is -2.47. The minimum absolute atomic E-state index is 0.0514. The van der Waals surface area contributed by atoms with Crippen LogP contribution in [-0.4, -0.2) is 31.1 Å². The van der Waals surface area contributed by atoms with Crippen molar-refractivity contribution in [2.75, 3.05) is 22.9 Å². The number of para-hydroxylation sites is 2. The van der Waals surface area contributed by atoms with Crippen molar-refractivity contribution in [3.8, 4) is 0 Å². The van der Waals surface area contributed by atoms with Crippen molar-refractivity contribution < 1.29 is 9.59 Å². The lowest BCUT2D eigenvalue weighted by molar-refractivity contribution is -0.117. The summed E-state index contributed by atoms with van der Waals surface area (Å²) in [6.07, 6.45) is 2.31. The first kappa shape index (κ1) is 15.7. The zero-order chi connectivity index (χ0) is 17.2. The maximum Gasteiger partial charge on any atom is 0.322 e. The summed E-state index contributed by atoms with van der Waals surface area (Å²) >= 11 is 0. The number of fused-ring (bicyclic) bond motifs is 1. The van der Waals surface area contributed by atoms with Gasteiger partial charge >= 0.3 is 6.03 Å². The highest BCUT2D eigenvalue weighted by Gasteiger charge is 2.33. The molecule has 2 aromatic rings. The van der Waals surface area contributed by atoms with E-state index in [0.29, 0.717) is 19.5 Å². The van der Waals surface area contributed by atoms with Crippen molar-refractivity contribution in [3.63, 3.8) is 0 Å². The topological polar surface area (TPSA) is 52.7 Å². The second kappa shape index (κ2) is 6.59. The van der Waals surface area contributed by atoms with E-state index in [-0.39, 0.29) is 18.0 Å². The molecule has 1 saturated heterocycles. The highest BCUT2D eigenvalue weighted by atomic mass is 16.2. The van der Waals surface area contributed by atoms with Crippen molar-refractivity contribution in [3.05, 3.63) is 60.2 Å². The molecule has 2 heterocycles. The van der Waals surface area contributed by atoms with Crippen molar-refractivity contribution in [2.45, 2.75) is 25.3 Å². The fourth-order valence-corrected chi connectivity index (χ4v) is 3.66. The van der Waals surface area contributed by atoms with Crippen molar-refractivity contribution in [1.82, 2.24) is 5.32 Å². The minimum Gasteiger partial charge on any atom is -0.333 e. The van der Waals surface area contributed by atoms with Crippen LogP contribution in [0.15, 0.2) is 54.6 Å². The van der Waals surface area contributed by atoms with Crippen molar-refractivity contribution in [2.24, 2.45) is 0 Å². The molecule has 5 nitrogen and oxygen atoms in total. The Balaban J connectivity index is 1.45. The number of anilines is 2. The van der Waals surface area contributed by atoms with Gasteiger partial charge in [0.2, 0.25) is 5.91 Å². The van der Waals surface area contributed by atoms with E-state index in [2.05, 4.69) is 11.4 Å². The van der Waals surface area contributed by atoms with Gasteiger partial charge in [0.15, 0.2) is 0 Å². The Hall–Kier alpha value is -2.82. The first-order chi connectivity index (χ1) is 12.2. The van der Waals surface area contributed by atoms with Crippen molar-refractivity contribution in [1.29, 1.82) is 0 Å². The van der Waals surface area contributed by atoms with E-state index in [0.717, 1.165) is 24.2 Å². The van der Waals surface area contributed by atoms with Gasteiger partial charge in [0.1, 0.15) is 0 Å². The summed E-state index contributed by atoms with van der Waals surface area (Å²) in [6, 6.07) is 17.4. The number of nitrogens with zero attached hydrogens (tertiary/aromatic N) is 2. The zero-order valence-corrected chi connectivity index (χ0v) is 14.0. The molecular weight excluding hydrogens is 314 g/mol. The van der Waals surface area contributed by atoms with Crippen LogP contribution < -0.4 is 15.1 Å². The van der Waals surface area contributed by atoms with Crippen LogP contribution in [0.4, 0.5) is 16.2 Å². The third-order valence-corrected chi connectivity index (χ3v) is 4.88. The van der Waals surface area contributed by atoms with Crippen LogP contribution in [-0.2, 0) is 11.2 Å². The van der Waals surface area contributed by atoms with E-state index < -0.39 is 0 Å². The summed E-state index contributed by atoms with van der Waals surface area (Å²) in [4.78, 5) is 28.6. The first-order valence-corrected chi connectivity index (χ1v) is 8.74. The number of urea groups is 1. The summed E-state index contributed by atoms with van der Waals surface area (Å²) in [6.45, 7) is 1.23. The lowest BCUT2D eigenvalue weighted by atomic mass is 10.0. The molecule has 2 aliphatic rings. The fourth-order valence-electron chi connectivity index (χ4n) is 3.66. The van der Waals surface area contributed by atoms with E-state index in [9.17, 15) is 9.59 Å². The highest BCUT2D eigenvalue weighted by molar-refractivity contribution is 5.98. The molecule has 0 aliphatic carbocycles. The normalized spacial score (nSPS) is 19.7. The second-order valence-corrected chi connectivity index (χ2v) is 6.57. The molecule has 0 aromatic heterocycles.